The van der Waals surface area contributed by atoms with Crippen molar-refractivity contribution in [2.75, 3.05) is 6.61 Å². The Morgan fingerprint density at radius 3 is 2.40 bits per heavy atom. The Morgan fingerprint density at radius 2 is 1.73 bits per heavy atom. The third-order valence-electron chi connectivity index (χ3n) is 13.7. The van der Waals surface area contributed by atoms with E-state index in [-0.39, 0.29) is 39.0 Å². The van der Waals surface area contributed by atoms with Gasteiger partial charge in [-0.3, -0.25) is 9.89 Å². The molecule has 1 aromatic heterocycles. The molecule has 0 radical (unpaired) electrons. The highest BCUT2D eigenvalue weighted by Gasteiger charge is 2.69. The second-order valence-electron chi connectivity index (χ2n) is 16.2. The minimum absolute atomic E-state index is 0.00712. The number of H-pyrrole nitrogens is 1. The van der Waals surface area contributed by atoms with Crippen LogP contribution in [-0.4, -0.2) is 33.8 Å². The van der Waals surface area contributed by atoms with E-state index in [2.05, 4.69) is 64.7 Å². The van der Waals surface area contributed by atoms with Crippen molar-refractivity contribution in [1.29, 1.82) is 0 Å². The lowest BCUT2D eigenvalue weighted by atomic mass is 9.33. The van der Waals surface area contributed by atoms with Crippen LogP contribution < -0.4 is 0 Å². The van der Waals surface area contributed by atoms with Crippen LogP contribution in [0.4, 0.5) is 0 Å². The van der Waals surface area contributed by atoms with E-state index < -0.39 is 11.4 Å². The van der Waals surface area contributed by atoms with E-state index in [0.29, 0.717) is 24.1 Å². The first-order valence-electron chi connectivity index (χ1n) is 15.8. The molecule has 6 heteroatoms. The van der Waals surface area contributed by atoms with Gasteiger partial charge in [0.05, 0.1) is 12.0 Å². The van der Waals surface area contributed by atoms with Gasteiger partial charge in [-0.25, -0.2) is 4.79 Å². The number of fused-ring (bicyclic) bond motifs is 8. The number of hydrogen-bond acceptors (Lipinski definition) is 4. The number of carbonyl (C=O) groups is 2. The Bertz CT molecular complexity index is 1290. The van der Waals surface area contributed by atoms with E-state index in [1.165, 1.54) is 5.57 Å². The molecule has 3 saturated carbocycles. The molecule has 0 aliphatic heterocycles. The molecule has 220 valence electrons. The number of carbonyl (C=O) groups excluding carboxylic acids is 1. The van der Waals surface area contributed by atoms with Crippen LogP contribution in [-0.2, 0) is 21.4 Å². The van der Waals surface area contributed by atoms with Crippen molar-refractivity contribution < 1.29 is 19.4 Å². The number of carboxylic acid groups (broad SMARTS) is 1. The van der Waals surface area contributed by atoms with E-state index in [1.807, 2.05) is 6.92 Å². The summed E-state index contributed by atoms with van der Waals surface area (Å²) in [5.74, 6) is 0.126. The van der Waals surface area contributed by atoms with Crippen LogP contribution in [0.2, 0.25) is 0 Å². The highest BCUT2D eigenvalue weighted by atomic mass is 16.5. The first-order chi connectivity index (χ1) is 18.6. The maximum absolute atomic E-state index is 12.9. The number of aromatic amines is 1. The lowest BCUT2D eigenvalue weighted by Crippen LogP contribution is -2.64. The van der Waals surface area contributed by atoms with Crippen molar-refractivity contribution in [3.05, 3.63) is 28.6 Å². The summed E-state index contributed by atoms with van der Waals surface area (Å²) in [5, 5.41) is 18.4. The maximum Gasteiger partial charge on any atom is 0.359 e. The monoisotopic (exact) mass is 550 g/mol. The zero-order valence-corrected chi connectivity index (χ0v) is 26.0. The molecule has 40 heavy (non-hydrogen) atoms. The second-order valence-corrected chi connectivity index (χ2v) is 16.2. The lowest BCUT2D eigenvalue weighted by Gasteiger charge is -2.70. The fraction of sp³-hybridized carbons (Fsp3) is 0.794. The molecule has 5 aliphatic carbocycles. The van der Waals surface area contributed by atoms with Crippen molar-refractivity contribution >= 4 is 11.9 Å². The van der Waals surface area contributed by atoms with Crippen LogP contribution in [0.15, 0.2) is 11.6 Å². The summed E-state index contributed by atoms with van der Waals surface area (Å²) in [4.78, 5) is 25.9. The molecule has 1 heterocycles. The number of hydrogen-bond donors (Lipinski definition) is 2. The van der Waals surface area contributed by atoms with Crippen LogP contribution in [0.5, 0.6) is 0 Å². The Hall–Kier alpha value is -2.11. The summed E-state index contributed by atoms with van der Waals surface area (Å²) in [7, 11) is 0. The summed E-state index contributed by atoms with van der Waals surface area (Å²) in [6.45, 7) is 19.0. The quantitative estimate of drug-likeness (QED) is 0.300. The Balaban J connectivity index is 1.46. The first kappa shape index (κ1) is 28.0. The predicted octanol–water partition coefficient (Wildman–Crippen LogP) is 7.49. The molecule has 0 saturated heterocycles. The number of rotatable bonds is 3. The van der Waals surface area contributed by atoms with Gasteiger partial charge in [0.1, 0.15) is 0 Å². The average molecular weight is 551 g/mol. The van der Waals surface area contributed by atoms with Crippen molar-refractivity contribution in [3.63, 3.8) is 0 Å². The van der Waals surface area contributed by atoms with Gasteiger partial charge in [-0.1, -0.05) is 60.1 Å². The Labute approximate surface area is 240 Å². The SMILES string of the molecule is CCOC(=O)c1n[nH]c2c1C[C@]1(C)[C@H]3CC=C4[C@@H]5CC(C)(C)CC[C@]5(C(=O)O)CC[C@@]4(C)[C@]3(C)CC[C@H]1C2(C)C. The van der Waals surface area contributed by atoms with Gasteiger partial charge in [-0.15, -0.1) is 0 Å². The minimum Gasteiger partial charge on any atom is -0.481 e. The van der Waals surface area contributed by atoms with E-state index in [1.54, 1.807) is 0 Å². The summed E-state index contributed by atoms with van der Waals surface area (Å²) >= 11 is 0. The molecular formula is C34H50N2O4. The molecular weight excluding hydrogens is 500 g/mol. The van der Waals surface area contributed by atoms with Crippen LogP contribution in [0.1, 0.15) is 129 Å². The molecule has 0 aromatic carbocycles. The molecule has 0 unspecified atom stereocenters. The highest BCUT2D eigenvalue weighted by molar-refractivity contribution is 5.89. The molecule has 1 aromatic rings. The first-order valence-corrected chi connectivity index (χ1v) is 15.8. The molecule has 5 aliphatic rings. The van der Waals surface area contributed by atoms with Gasteiger partial charge in [-0.05, 0) is 104 Å². The smallest absolute Gasteiger partial charge is 0.359 e. The van der Waals surface area contributed by atoms with Gasteiger partial charge in [0.15, 0.2) is 5.69 Å². The summed E-state index contributed by atoms with van der Waals surface area (Å²) < 4.78 is 5.42. The number of nitrogens with zero attached hydrogens (tertiary/aromatic N) is 1. The van der Waals surface area contributed by atoms with Crippen LogP contribution in [0.25, 0.3) is 0 Å². The zero-order valence-electron chi connectivity index (χ0n) is 26.0. The molecule has 0 spiro atoms. The third-order valence-corrected chi connectivity index (χ3v) is 13.7. The number of aromatic nitrogens is 2. The van der Waals surface area contributed by atoms with Crippen LogP contribution >= 0.6 is 0 Å². The van der Waals surface area contributed by atoms with Crippen molar-refractivity contribution in [2.45, 2.75) is 119 Å². The zero-order chi connectivity index (χ0) is 29.1. The number of esters is 1. The summed E-state index contributed by atoms with van der Waals surface area (Å²) in [5.41, 5.74) is 3.53. The van der Waals surface area contributed by atoms with Gasteiger partial charge in [0.2, 0.25) is 0 Å². The molecule has 0 bridgehead atoms. The van der Waals surface area contributed by atoms with Gasteiger partial charge in [0.25, 0.3) is 0 Å². The fourth-order valence-electron chi connectivity index (χ4n) is 11.4. The summed E-state index contributed by atoms with van der Waals surface area (Å²) in [6.07, 6.45) is 11.1. The van der Waals surface area contributed by atoms with Gasteiger partial charge in [-0.2, -0.15) is 5.10 Å². The van der Waals surface area contributed by atoms with Crippen LogP contribution in [0, 0.1) is 44.8 Å². The van der Waals surface area contributed by atoms with E-state index in [9.17, 15) is 14.7 Å². The van der Waals surface area contributed by atoms with Crippen molar-refractivity contribution in [2.24, 2.45) is 44.8 Å². The standard InChI is InChI=1S/C34H50N2O4/c1-9-40-27(37)25-20-18-31(6)23(30(4,5)26(20)36-35-25)12-13-33(8)24(31)11-10-21-22-19-29(2,3)14-16-34(22,28(38)39)17-15-32(21,33)7/h10,22-24H,9,11-19H2,1-8H3,(H,35,36)(H,38,39)/t22-,23-,24+,31-,32+,33+,34-/m0/s1. The summed E-state index contributed by atoms with van der Waals surface area (Å²) in [6, 6.07) is 0. The Morgan fingerprint density at radius 1 is 1.02 bits per heavy atom. The minimum atomic E-state index is -0.613. The van der Waals surface area contributed by atoms with Gasteiger partial charge >= 0.3 is 11.9 Å². The maximum atomic E-state index is 12.9. The number of allylic oxidation sites excluding steroid dienone is 2. The normalized spacial score (nSPS) is 42.7. The van der Waals surface area contributed by atoms with E-state index in [4.69, 9.17) is 4.74 Å². The van der Waals surface area contributed by atoms with E-state index in [0.717, 1.165) is 69.0 Å². The van der Waals surface area contributed by atoms with Crippen molar-refractivity contribution in [3.8, 4) is 0 Å². The lowest BCUT2D eigenvalue weighted by molar-refractivity contribution is -0.177. The molecule has 6 nitrogen and oxygen atoms in total. The van der Waals surface area contributed by atoms with Crippen LogP contribution in [0.3, 0.4) is 0 Å². The molecule has 7 atom stereocenters. The third kappa shape index (κ3) is 3.37. The van der Waals surface area contributed by atoms with E-state index >= 15 is 0 Å². The second kappa shape index (κ2) is 8.47. The molecule has 0 amide bonds. The topological polar surface area (TPSA) is 92.3 Å². The molecule has 6 rings (SSSR count). The number of carboxylic acids is 1. The van der Waals surface area contributed by atoms with Gasteiger partial charge < -0.3 is 9.84 Å². The average Bonchev–Trinajstić information content (AvgIpc) is 3.28. The molecule has 3 fully saturated rings. The molecule has 2 N–H and O–H groups in total. The Kier molecular flexibility index (Phi) is 5.94. The number of nitrogens with one attached hydrogen (secondary N) is 1. The van der Waals surface area contributed by atoms with Crippen molar-refractivity contribution in [1.82, 2.24) is 10.2 Å². The van der Waals surface area contributed by atoms with Gasteiger partial charge in [0, 0.05) is 16.7 Å². The fourth-order valence-corrected chi connectivity index (χ4v) is 11.4. The highest BCUT2D eigenvalue weighted by Crippen LogP contribution is 2.75. The largest absolute Gasteiger partial charge is 0.481 e. The number of ether oxygens (including phenoxy) is 1. The predicted molar refractivity (Wildman–Crippen MR) is 155 cm³/mol. The number of aliphatic carboxylic acids is 1.